The fourth-order valence-electron chi connectivity index (χ4n) is 1.63. The SMILES string of the molecule is Cc1ccc(-c2cnccc2C(=O)O)c(F)c1. The van der Waals surface area contributed by atoms with Gasteiger partial charge in [-0.3, -0.25) is 4.98 Å². The van der Waals surface area contributed by atoms with Crippen LogP contribution in [0.15, 0.2) is 36.7 Å². The van der Waals surface area contributed by atoms with E-state index in [1.807, 2.05) is 0 Å². The number of carboxylic acid groups (broad SMARTS) is 1. The van der Waals surface area contributed by atoms with Gasteiger partial charge in [-0.1, -0.05) is 12.1 Å². The maximum Gasteiger partial charge on any atom is 0.336 e. The number of rotatable bonds is 2. The molecule has 1 aromatic heterocycles. The molecule has 1 heterocycles. The quantitative estimate of drug-likeness (QED) is 0.864. The van der Waals surface area contributed by atoms with Gasteiger partial charge in [0.25, 0.3) is 0 Å². The molecular weight excluding hydrogens is 221 g/mol. The Morgan fingerprint density at radius 2 is 2.06 bits per heavy atom. The number of aromatic nitrogens is 1. The van der Waals surface area contributed by atoms with E-state index in [-0.39, 0.29) is 16.7 Å². The Bertz CT molecular complexity index is 581. The molecule has 0 unspecified atom stereocenters. The van der Waals surface area contributed by atoms with E-state index in [4.69, 9.17) is 5.11 Å². The van der Waals surface area contributed by atoms with Crippen molar-refractivity contribution >= 4 is 5.97 Å². The number of carboxylic acids is 1. The number of nitrogens with zero attached hydrogens (tertiary/aromatic N) is 1. The van der Waals surface area contributed by atoms with Gasteiger partial charge in [0.2, 0.25) is 0 Å². The number of aryl methyl sites for hydroxylation is 1. The van der Waals surface area contributed by atoms with Crippen molar-refractivity contribution in [2.24, 2.45) is 0 Å². The highest BCUT2D eigenvalue weighted by molar-refractivity contribution is 5.95. The van der Waals surface area contributed by atoms with Crippen LogP contribution in [0.5, 0.6) is 0 Å². The summed E-state index contributed by atoms with van der Waals surface area (Å²) in [6, 6.07) is 6.02. The standard InChI is InChI=1S/C13H10FNO2/c1-8-2-3-9(12(14)6-8)11-7-15-5-4-10(11)13(16)17/h2-7H,1H3,(H,16,17). The zero-order valence-corrected chi connectivity index (χ0v) is 9.14. The normalized spacial score (nSPS) is 10.2. The van der Waals surface area contributed by atoms with Crippen LogP contribution < -0.4 is 0 Å². The van der Waals surface area contributed by atoms with Crippen LogP contribution in [0.25, 0.3) is 11.1 Å². The first kappa shape index (κ1) is 11.3. The molecule has 4 heteroatoms. The van der Waals surface area contributed by atoms with Gasteiger partial charge in [0.1, 0.15) is 5.82 Å². The fourth-order valence-corrected chi connectivity index (χ4v) is 1.63. The van der Waals surface area contributed by atoms with Crippen LogP contribution in [-0.4, -0.2) is 16.1 Å². The van der Waals surface area contributed by atoms with E-state index in [2.05, 4.69) is 4.98 Å². The second-order valence-electron chi connectivity index (χ2n) is 3.71. The summed E-state index contributed by atoms with van der Waals surface area (Å²) in [5.74, 6) is -1.54. The summed E-state index contributed by atoms with van der Waals surface area (Å²) in [7, 11) is 0. The van der Waals surface area contributed by atoms with Crippen LogP contribution >= 0.6 is 0 Å². The third-order valence-electron chi connectivity index (χ3n) is 2.47. The Kier molecular flexibility index (Phi) is 2.87. The molecule has 0 aliphatic rings. The van der Waals surface area contributed by atoms with Crippen molar-refractivity contribution in [3.63, 3.8) is 0 Å². The lowest BCUT2D eigenvalue weighted by molar-refractivity contribution is 0.0697. The zero-order chi connectivity index (χ0) is 12.4. The van der Waals surface area contributed by atoms with Crippen molar-refractivity contribution in [2.45, 2.75) is 6.92 Å². The van der Waals surface area contributed by atoms with Gasteiger partial charge in [-0.15, -0.1) is 0 Å². The molecule has 17 heavy (non-hydrogen) atoms. The minimum absolute atomic E-state index is 0.0442. The summed E-state index contributed by atoms with van der Waals surface area (Å²) < 4.78 is 13.8. The van der Waals surface area contributed by atoms with Gasteiger partial charge >= 0.3 is 5.97 Å². The smallest absolute Gasteiger partial charge is 0.336 e. The Labute approximate surface area is 97.6 Å². The number of benzene rings is 1. The molecule has 0 bridgehead atoms. The lowest BCUT2D eigenvalue weighted by Gasteiger charge is -2.07. The molecule has 86 valence electrons. The van der Waals surface area contributed by atoms with Gasteiger partial charge in [0.05, 0.1) is 5.56 Å². The monoisotopic (exact) mass is 231 g/mol. The largest absolute Gasteiger partial charge is 0.478 e. The van der Waals surface area contributed by atoms with E-state index >= 15 is 0 Å². The predicted octanol–water partition coefficient (Wildman–Crippen LogP) is 2.89. The average molecular weight is 231 g/mol. The maximum atomic E-state index is 13.8. The van der Waals surface area contributed by atoms with Crippen LogP contribution in [-0.2, 0) is 0 Å². The highest BCUT2D eigenvalue weighted by Crippen LogP contribution is 2.26. The maximum absolute atomic E-state index is 13.8. The van der Waals surface area contributed by atoms with Crippen LogP contribution in [0.3, 0.4) is 0 Å². The summed E-state index contributed by atoms with van der Waals surface area (Å²) in [4.78, 5) is 14.9. The van der Waals surface area contributed by atoms with E-state index in [1.165, 1.54) is 24.5 Å². The summed E-state index contributed by atoms with van der Waals surface area (Å²) in [6.07, 6.45) is 2.73. The third kappa shape index (κ3) is 2.15. The molecule has 0 radical (unpaired) electrons. The van der Waals surface area contributed by atoms with Gasteiger partial charge in [-0.25, -0.2) is 9.18 Å². The summed E-state index contributed by atoms with van der Waals surface area (Å²) in [6.45, 7) is 1.77. The van der Waals surface area contributed by atoms with Crippen LogP contribution in [0.1, 0.15) is 15.9 Å². The molecule has 0 saturated carbocycles. The number of hydrogen-bond donors (Lipinski definition) is 1. The molecule has 1 N–H and O–H groups in total. The molecular formula is C13H10FNO2. The second kappa shape index (κ2) is 4.33. The first-order valence-electron chi connectivity index (χ1n) is 5.03. The topological polar surface area (TPSA) is 50.2 Å². The average Bonchev–Trinajstić information content (AvgIpc) is 2.29. The van der Waals surface area contributed by atoms with Gasteiger partial charge in [0.15, 0.2) is 0 Å². The van der Waals surface area contributed by atoms with Crippen molar-refractivity contribution < 1.29 is 14.3 Å². The third-order valence-corrected chi connectivity index (χ3v) is 2.47. The number of pyridine rings is 1. The van der Waals surface area contributed by atoms with E-state index in [0.29, 0.717) is 0 Å². The fraction of sp³-hybridized carbons (Fsp3) is 0.0769. The Balaban J connectivity index is 2.64. The molecule has 0 amide bonds. The summed E-state index contributed by atoms with van der Waals surface area (Å²) in [5.41, 5.74) is 1.37. The molecule has 1 aromatic carbocycles. The molecule has 0 aliphatic heterocycles. The number of halogens is 1. The minimum atomic E-state index is -1.10. The van der Waals surface area contributed by atoms with Crippen molar-refractivity contribution in [3.8, 4) is 11.1 Å². The molecule has 0 aliphatic carbocycles. The van der Waals surface area contributed by atoms with E-state index in [1.54, 1.807) is 19.1 Å². The van der Waals surface area contributed by atoms with Crippen LogP contribution in [0, 0.1) is 12.7 Å². The molecule has 2 aromatic rings. The predicted molar refractivity (Wildman–Crippen MR) is 61.3 cm³/mol. The van der Waals surface area contributed by atoms with E-state index < -0.39 is 11.8 Å². The van der Waals surface area contributed by atoms with E-state index in [9.17, 15) is 9.18 Å². The highest BCUT2D eigenvalue weighted by Gasteiger charge is 2.14. The second-order valence-corrected chi connectivity index (χ2v) is 3.71. The van der Waals surface area contributed by atoms with Crippen molar-refractivity contribution in [3.05, 3.63) is 53.6 Å². The summed E-state index contributed by atoms with van der Waals surface area (Å²) >= 11 is 0. The van der Waals surface area contributed by atoms with Gasteiger partial charge in [-0.2, -0.15) is 0 Å². The number of carbonyl (C=O) groups is 1. The minimum Gasteiger partial charge on any atom is -0.478 e. The Morgan fingerprint density at radius 3 is 2.71 bits per heavy atom. The molecule has 0 spiro atoms. The van der Waals surface area contributed by atoms with Gasteiger partial charge < -0.3 is 5.11 Å². The van der Waals surface area contributed by atoms with E-state index in [0.717, 1.165) is 5.56 Å². The van der Waals surface area contributed by atoms with Crippen molar-refractivity contribution in [1.29, 1.82) is 0 Å². The zero-order valence-electron chi connectivity index (χ0n) is 9.14. The highest BCUT2D eigenvalue weighted by atomic mass is 19.1. The molecule has 3 nitrogen and oxygen atoms in total. The summed E-state index contributed by atoms with van der Waals surface area (Å²) in [5, 5.41) is 9.02. The van der Waals surface area contributed by atoms with Gasteiger partial charge in [0, 0.05) is 23.5 Å². The first-order chi connectivity index (χ1) is 8.09. The Morgan fingerprint density at radius 1 is 1.29 bits per heavy atom. The lowest BCUT2D eigenvalue weighted by atomic mass is 10.0. The van der Waals surface area contributed by atoms with Crippen molar-refractivity contribution in [2.75, 3.05) is 0 Å². The van der Waals surface area contributed by atoms with Gasteiger partial charge in [-0.05, 0) is 24.6 Å². The first-order valence-corrected chi connectivity index (χ1v) is 5.03. The van der Waals surface area contributed by atoms with Crippen LogP contribution in [0.4, 0.5) is 4.39 Å². The Hall–Kier alpha value is -2.23. The number of hydrogen-bond acceptors (Lipinski definition) is 2. The molecule has 0 fully saturated rings. The molecule has 2 rings (SSSR count). The molecule has 0 atom stereocenters. The lowest BCUT2D eigenvalue weighted by Crippen LogP contribution is -2.01. The number of aromatic carboxylic acids is 1. The molecule has 0 saturated heterocycles. The van der Waals surface area contributed by atoms with Crippen molar-refractivity contribution in [1.82, 2.24) is 4.98 Å². The van der Waals surface area contributed by atoms with Crippen LogP contribution in [0.2, 0.25) is 0 Å².